The van der Waals surface area contributed by atoms with Crippen molar-refractivity contribution >= 4 is 27.3 Å². The van der Waals surface area contributed by atoms with Crippen LogP contribution in [0.15, 0.2) is 40.6 Å². The van der Waals surface area contributed by atoms with Crippen LogP contribution in [0.3, 0.4) is 0 Å². The third kappa shape index (κ3) is 3.92. The van der Waals surface area contributed by atoms with Gasteiger partial charge in [0.15, 0.2) is 0 Å². The molecule has 0 atom stereocenters. The molecule has 0 aliphatic carbocycles. The third-order valence-electron chi connectivity index (χ3n) is 4.17. The molecule has 8 heteroatoms. The first-order valence-electron chi connectivity index (χ1n) is 8.16. The highest BCUT2D eigenvalue weighted by Gasteiger charge is 2.29. The Morgan fingerprint density at radius 3 is 2.96 bits per heavy atom. The summed E-state index contributed by atoms with van der Waals surface area (Å²) in [5, 5.41) is 4.73. The Morgan fingerprint density at radius 1 is 1.32 bits per heavy atom. The van der Waals surface area contributed by atoms with E-state index in [9.17, 15) is 13.2 Å². The SMILES string of the molecule is NCCCNC(=O)c1cccc(S(=O)(=O)N2CCc3sccc3C2)c1. The van der Waals surface area contributed by atoms with Gasteiger partial charge in [0, 0.05) is 30.1 Å². The molecule has 0 radical (unpaired) electrons. The van der Waals surface area contributed by atoms with E-state index in [1.807, 2.05) is 11.4 Å². The second-order valence-electron chi connectivity index (χ2n) is 5.88. The van der Waals surface area contributed by atoms with Crippen molar-refractivity contribution in [2.45, 2.75) is 24.3 Å². The summed E-state index contributed by atoms with van der Waals surface area (Å²) in [4.78, 5) is 13.5. The number of nitrogens with two attached hydrogens (primary N) is 1. The minimum absolute atomic E-state index is 0.151. The van der Waals surface area contributed by atoms with E-state index in [-0.39, 0.29) is 10.8 Å². The molecule has 6 nitrogen and oxygen atoms in total. The number of rotatable bonds is 6. The topological polar surface area (TPSA) is 92.5 Å². The van der Waals surface area contributed by atoms with E-state index in [1.54, 1.807) is 23.5 Å². The summed E-state index contributed by atoms with van der Waals surface area (Å²) in [6.07, 6.45) is 1.41. The fourth-order valence-corrected chi connectivity index (χ4v) is 5.14. The molecule has 1 amide bonds. The molecule has 0 bridgehead atoms. The average molecular weight is 380 g/mol. The predicted octanol–water partition coefficient (Wildman–Crippen LogP) is 1.57. The molecule has 134 valence electrons. The van der Waals surface area contributed by atoms with Gasteiger partial charge in [0.05, 0.1) is 4.90 Å². The van der Waals surface area contributed by atoms with Crippen molar-refractivity contribution in [1.82, 2.24) is 9.62 Å². The highest BCUT2D eigenvalue weighted by molar-refractivity contribution is 7.89. The minimum Gasteiger partial charge on any atom is -0.352 e. The molecular formula is C17H21N3O3S2. The van der Waals surface area contributed by atoms with Crippen LogP contribution in [0.2, 0.25) is 0 Å². The number of carbonyl (C=O) groups excluding carboxylic acids is 1. The number of thiophene rings is 1. The molecule has 1 aliphatic rings. The van der Waals surface area contributed by atoms with Crippen LogP contribution in [0.1, 0.15) is 27.2 Å². The predicted molar refractivity (Wildman–Crippen MR) is 98.1 cm³/mol. The number of amides is 1. The lowest BCUT2D eigenvalue weighted by Gasteiger charge is -2.26. The summed E-state index contributed by atoms with van der Waals surface area (Å²) >= 11 is 1.67. The van der Waals surface area contributed by atoms with Gasteiger partial charge in [0.1, 0.15) is 0 Å². The zero-order valence-corrected chi connectivity index (χ0v) is 15.4. The van der Waals surface area contributed by atoms with E-state index >= 15 is 0 Å². The average Bonchev–Trinajstić information content (AvgIpc) is 3.09. The molecule has 0 spiro atoms. The molecule has 1 aromatic carbocycles. The van der Waals surface area contributed by atoms with Gasteiger partial charge in [-0.2, -0.15) is 4.31 Å². The third-order valence-corrected chi connectivity index (χ3v) is 7.04. The van der Waals surface area contributed by atoms with Crippen molar-refractivity contribution in [2.75, 3.05) is 19.6 Å². The number of hydrogen-bond donors (Lipinski definition) is 2. The molecule has 0 unspecified atom stereocenters. The minimum atomic E-state index is -3.63. The van der Waals surface area contributed by atoms with E-state index in [0.717, 1.165) is 12.0 Å². The van der Waals surface area contributed by atoms with E-state index in [0.29, 0.717) is 38.2 Å². The Bertz CT molecular complexity index is 862. The van der Waals surface area contributed by atoms with Crippen molar-refractivity contribution in [3.05, 3.63) is 51.7 Å². The van der Waals surface area contributed by atoms with Crippen LogP contribution in [0, 0.1) is 0 Å². The van der Waals surface area contributed by atoms with Crippen molar-refractivity contribution in [3.8, 4) is 0 Å². The lowest BCUT2D eigenvalue weighted by Crippen LogP contribution is -2.35. The number of nitrogens with zero attached hydrogens (tertiary/aromatic N) is 1. The van der Waals surface area contributed by atoms with Gasteiger partial charge >= 0.3 is 0 Å². The maximum Gasteiger partial charge on any atom is 0.251 e. The van der Waals surface area contributed by atoms with Gasteiger partial charge in [0.25, 0.3) is 5.91 Å². The summed E-state index contributed by atoms with van der Waals surface area (Å²) in [6, 6.07) is 8.17. The summed E-state index contributed by atoms with van der Waals surface area (Å²) < 4.78 is 27.4. The molecule has 25 heavy (non-hydrogen) atoms. The fraction of sp³-hybridized carbons (Fsp3) is 0.353. The maximum absolute atomic E-state index is 12.9. The Morgan fingerprint density at radius 2 is 2.16 bits per heavy atom. The van der Waals surface area contributed by atoms with E-state index in [2.05, 4.69) is 5.32 Å². The first-order chi connectivity index (χ1) is 12.0. The van der Waals surface area contributed by atoms with Crippen LogP contribution < -0.4 is 11.1 Å². The van der Waals surface area contributed by atoms with E-state index < -0.39 is 10.0 Å². The first-order valence-corrected chi connectivity index (χ1v) is 10.5. The van der Waals surface area contributed by atoms with Crippen molar-refractivity contribution < 1.29 is 13.2 Å². The highest BCUT2D eigenvalue weighted by atomic mass is 32.2. The van der Waals surface area contributed by atoms with Gasteiger partial charge in [-0.3, -0.25) is 4.79 Å². The quantitative estimate of drug-likeness (QED) is 0.745. The van der Waals surface area contributed by atoms with Crippen LogP contribution >= 0.6 is 11.3 Å². The normalized spacial score (nSPS) is 14.9. The van der Waals surface area contributed by atoms with Crippen molar-refractivity contribution in [1.29, 1.82) is 0 Å². The highest BCUT2D eigenvalue weighted by Crippen LogP contribution is 2.28. The van der Waals surface area contributed by atoms with Gasteiger partial charge in [0.2, 0.25) is 10.0 Å². The lowest BCUT2D eigenvalue weighted by atomic mass is 10.1. The standard InChI is InChI=1S/C17H21N3O3S2/c18-7-2-8-19-17(21)13-3-1-4-15(11-13)25(22,23)20-9-5-16-14(12-20)6-10-24-16/h1,3-4,6,10-11H,2,5,7-9,12,18H2,(H,19,21). The van der Waals surface area contributed by atoms with Crippen LogP contribution in [0.5, 0.6) is 0 Å². The molecule has 2 aromatic rings. The van der Waals surface area contributed by atoms with E-state index in [1.165, 1.54) is 21.3 Å². The Labute approximate surface area is 151 Å². The maximum atomic E-state index is 12.9. The van der Waals surface area contributed by atoms with Crippen molar-refractivity contribution in [3.63, 3.8) is 0 Å². The number of hydrogen-bond acceptors (Lipinski definition) is 5. The molecule has 0 saturated carbocycles. The smallest absolute Gasteiger partial charge is 0.251 e. The number of benzene rings is 1. The molecule has 2 heterocycles. The number of nitrogens with one attached hydrogen (secondary N) is 1. The zero-order chi connectivity index (χ0) is 17.9. The van der Waals surface area contributed by atoms with Crippen LogP contribution in [-0.2, 0) is 23.0 Å². The van der Waals surface area contributed by atoms with Crippen molar-refractivity contribution in [2.24, 2.45) is 5.73 Å². The van der Waals surface area contributed by atoms with Gasteiger partial charge in [-0.1, -0.05) is 6.07 Å². The molecule has 0 saturated heterocycles. The van der Waals surface area contributed by atoms with Crippen LogP contribution in [-0.4, -0.2) is 38.3 Å². The molecule has 0 fully saturated rings. The zero-order valence-electron chi connectivity index (χ0n) is 13.8. The molecule has 1 aliphatic heterocycles. The first kappa shape index (κ1) is 18.1. The molecular weight excluding hydrogens is 358 g/mol. The fourth-order valence-electron chi connectivity index (χ4n) is 2.78. The second kappa shape index (κ2) is 7.65. The number of sulfonamides is 1. The van der Waals surface area contributed by atoms with Crippen LogP contribution in [0.25, 0.3) is 0 Å². The molecule has 3 N–H and O–H groups in total. The summed E-state index contributed by atoms with van der Waals surface area (Å²) in [5.74, 6) is -0.288. The summed E-state index contributed by atoms with van der Waals surface area (Å²) in [5.41, 5.74) is 6.81. The van der Waals surface area contributed by atoms with Gasteiger partial charge < -0.3 is 11.1 Å². The number of carbonyl (C=O) groups is 1. The van der Waals surface area contributed by atoms with E-state index in [4.69, 9.17) is 5.73 Å². The Hall–Kier alpha value is -1.74. The Kier molecular flexibility index (Phi) is 5.53. The second-order valence-corrected chi connectivity index (χ2v) is 8.82. The summed E-state index contributed by atoms with van der Waals surface area (Å²) in [6.45, 7) is 1.81. The van der Waals surface area contributed by atoms with Gasteiger partial charge in [-0.25, -0.2) is 8.42 Å². The monoisotopic (exact) mass is 379 g/mol. The van der Waals surface area contributed by atoms with Gasteiger partial charge in [-0.15, -0.1) is 11.3 Å². The Balaban J connectivity index is 1.79. The largest absolute Gasteiger partial charge is 0.352 e. The number of fused-ring (bicyclic) bond motifs is 1. The summed E-state index contributed by atoms with van der Waals surface area (Å²) in [7, 11) is -3.63. The lowest BCUT2D eigenvalue weighted by molar-refractivity contribution is 0.0953. The van der Waals surface area contributed by atoms with Crippen LogP contribution in [0.4, 0.5) is 0 Å². The molecule has 3 rings (SSSR count). The molecule has 1 aromatic heterocycles. The van der Waals surface area contributed by atoms with Gasteiger partial charge in [-0.05, 0) is 54.6 Å².